The summed E-state index contributed by atoms with van der Waals surface area (Å²) in [5.74, 6) is -1.81. The van der Waals surface area contributed by atoms with Crippen molar-refractivity contribution in [2.45, 2.75) is 12.8 Å². The Morgan fingerprint density at radius 3 is 2.46 bits per heavy atom. The third-order valence-electron chi connectivity index (χ3n) is 4.23. The average Bonchev–Trinajstić information content (AvgIpc) is 2.66. The second-order valence-electron chi connectivity index (χ2n) is 6.06. The van der Waals surface area contributed by atoms with Gasteiger partial charge in [-0.15, -0.1) is 0 Å². The van der Waals surface area contributed by atoms with Crippen LogP contribution in [0.5, 0.6) is 0 Å². The number of benzene rings is 2. The Morgan fingerprint density at radius 2 is 1.82 bits per heavy atom. The molecule has 1 fully saturated rings. The molecule has 0 saturated carbocycles. The summed E-state index contributed by atoms with van der Waals surface area (Å²) in [6.07, 6.45) is 1.41. The Morgan fingerprint density at radius 1 is 1.18 bits per heavy atom. The standard InChI is InChI=1S/C19H14ClN3O4S/c1-11(14-4-2-3-5-16(14)23(26)27)10-15-17(24)21-19(28)22(18(15)25)13-8-6-12(20)7-9-13/h2-11H,1H3,(H,21,24,28)/b15-10-. The molecule has 7 nitrogen and oxygen atoms in total. The van der Waals surface area contributed by atoms with Gasteiger partial charge in [-0.2, -0.15) is 0 Å². The molecule has 1 unspecified atom stereocenters. The van der Waals surface area contributed by atoms with E-state index in [1.54, 1.807) is 49.4 Å². The molecular formula is C19H14ClN3O4S. The van der Waals surface area contributed by atoms with E-state index >= 15 is 0 Å². The second-order valence-corrected chi connectivity index (χ2v) is 6.88. The van der Waals surface area contributed by atoms with Crippen LogP contribution in [0.2, 0.25) is 5.02 Å². The molecule has 2 aromatic carbocycles. The number of nitro groups is 1. The molecule has 0 aliphatic carbocycles. The number of nitrogens with zero attached hydrogens (tertiary/aromatic N) is 2. The highest BCUT2D eigenvalue weighted by Crippen LogP contribution is 2.29. The molecule has 28 heavy (non-hydrogen) atoms. The fourth-order valence-corrected chi connectivity index (χ4v) is 3.29. The van der Waals surface area contributed by atoms with Crippen molar-refractivity contribution < 1.29 is 14.5 Å². The summed E-state index contributed by atoms with van der Waals surface area (Å²) in [5.41, 5.74) is 0.616. The zero-order valence-electron chi connectivity index (χ0n) is 14.6. The summed E-state index contributed by atoms with van der Waals surface area (Å²) in [4.78, 5) is 37.3. The van der Waals surface area contributed by atoms with Crippen molar-refractivity contribution in [2.24, 2.45) is 0 Å². The lowest BCUT2D eigenvalue weighted by Gasteiger charge is -2.29. The van der Waals surface area contributed by atoms with Gasteiger partial charge in [-0.05, 0) is 36.5 Å². The van der Waals surface area contributed by atoms with Gasteiger partial charge in [-0.25, -0.2) is 0 Å². The Hall–Kier alpha value is -3.10. The number of nitro benzene ring substituents is 1. The van der Waals surface area contributed by atoms with Crippen LogP contribution in [-0.4, -0.2) is 21.9 Å². The summed E-state index contributed by atoms with van der Waals surface area (Å²) in [7, 11) is 0. The van der Waals surface area contributed by atoms with Gasteiger partial charge in [-0.1, -0.05) is 42.8 Å². The molecule has 142 valence electrons. The Balaban J connectivity index is 1.99. The molecule has 1 heterocycles. The van der Waals surface area contributed by atoms with E-state index in [4.69, 9.17) is 23.8 Å². The first-order chi connectivity index (χ1) is 13.3. The first-order valence-electron chi connectivity index (χ1n) is 8.20. The number of rotatable bonds is 4. The van der Waals surface area contributed by atoms with Crippen LogP contribution in [0.25, 0.3) is 0 Å². The fourth-order valence-electron chi connectivity index (χ4n) is 2.88. The number of allylic oxidation sites excluding steroid dienone is 1. The van der Waals surface area contributed by atoms with Gasteiger partial charge in [0.1, 0.15) is 5.57 Å². The highest BCUT2D eigenvalue weighted by Gasteiger charge is 2.35. The van der Waals surface area contributed by atoms with Crippen LogP contribution in [0.3, 0.4) is 0 Å². The second kappa shape index (κ2) is 7.87. The van der Waals surface area contributed by atoms with E-state index in [9.17, 15) is 19.7 Å². The van der Waals surface area contributed by atoms with Gasteiger partial charge in [-0.3, -0.25) is 29.9 Å². The zero-order valence-corrected chi connectivity index (χ0v) is 16.2. The summed E-state index contributed by atoms with van der Waals surface area (Å²) >= 11 is 11.0. The van der Waals surface area contributed by atoms with E-state index in [1.165, 1.54) is 17.0 Å². The Labute approximate surface area is 170 Å². The van der Waals surface area contributed by atoms with E-state index in [0.717, 1.165) is 0 Å². The molecule has 0 radical (unpaired) electrons. The number of para-hydroxylation sites is 1. The van der Waals surface area contributed by atoms with Gasteiger partial charge in [0.05, 0.1) is 10.6 Å². The van der Waals surface area contributed by atoms with Crippen LogP contribution < -0.4 is 10.2 Å². The number of hydrogen-bond donors (Lipinski definition) is 1. The van der Waals surface area contributed by atoms with Crippen LogP contribution in [-0.2, 0) is 9.59 Å². The molecule has 3 rings (SSSR count). The van der Waals surface area contributed by atoms with E-state index < -0.39 is 22.7 Å². The Kier molecular flexibility index (Phi) is 5.53. The maximum atomic E-state index is 13.0. The average molecular weight is 416 g/mol. The fraction of sp³-hybridized carbons (Fsp3) is 0.105. The first-order valence-corrected chi connectivity index (χ1v) is 8.98. The molecule has 9 heteroatoms. The minimum absolute atomic E-state index is 0.0483. The van der Waals surface area contributed by atoms with Gasteiger partial charge in [0.15, 0.2) is 5.11 Å². The molecule has 2 amide bonds. The predicted molar refractivity (Wildman–Crippen MR) is 109 cm³/mol. The number of hydrogen-bond acceptors (Lipinski definition) is 5. The molecule has 1 saturated heterocycles. The third-order valence-corrected chi connectivity index (χ3v) is 4.76. The number of amides is 2. The predicted octanol–water partition coefficient (Wildman–Crippen LogP) is 3.73. The van der Waals surface area contributed by atoms with Crippen molar-refractivity contribution in [1.29, 1.82) is 0 Å². The van der Waals surface area contributed by atoms with Crippen LogP contribution >= 0.6 is 23.8 Å². The normalized spacial score (nSPS) is 16.9. The van der Waals surface area contributed by atoms with Crippen LogP contribution in [0, 0.1) is 10.1 Å². The lowest BCUT2D eigenvalue weighted by atomic mass is 9.95. The molecule has 1 aliphatic rings. The van der Waals surface area contributed by atoms with Crippen LogP contribution in [0.1, 0.15) is 18.4 Å². The smallest absolute Gasteiger partial charge is 0.273 e. The van der Waals surface area contributed by atoms with Crippen molar-refractivity contribution in [3.05, 3.63) is 80.9 Å². The van der Waals surface area contributed by atoms with Gasteiger partial charge < -0.3 is 0 Å². The lowest BCUT2D eigenvalue weighted by Crippen LogP contribution is -2.54. The van der Waals surface area contributed by atoms with Crippen LogP contribution in [0.4, 0.5) is 11.4 Å². The zero-order chi connectivity index (χ0) is 20.4. The van der Waals surface area contributed by atoms with Crippen molar-refractivity contribution in [1.82, 2.24) is 5.32 Å². The highest BCUT2D eigenvalue weighted by atomic mass is 35.5. The number of nitrogens with one attached hydrogen (secondary N) is 1. The van der Waals surface area contributed by atoms with Crippen molar-refractivity contribution in [3.8, 4) is 0 Å². The number of anilines is 1. The number of thiocarbonyl (C=S) groups is 1. The molecule has 0 spiro atoms. The minimum Gasteiger partial charge on any atom is -0.298 e. The van der Waals surface area contributed by atoms with Crippen molar-refractivity contribution in [2.75, 3.05) is 4.90 Å². The lowest BCUT2D eigenvalue weighted by molar-refractivity contribution is -0.385. The van der Waals surface area contributed by atoms with Gasteiger partial charge in [0.25, 0.3) is 17.5 Å². The van der Waals surface area contributed by atoms with Crippen LogP contribution in [0.15, 0.2) is 60.2 Å². The van der Waals surface area contributed by atoms with Crippen molar-refractivity contribution in [3.63, 3.8) is 0 Å². The van der Waals surface area contributed by atoms with Crippen molar-refractivity contribution >= 4 is 52.1 Å². The maximum absolute atomic E-state index is 13.0. The topological polar surface area (TPSA) is 92.6 Å². The minimum atomic E-state index is -0.648. The number of halogens is 1. The largest absolute Gasteiger partial charge is 0.298 e. The molecule has 0 bridgehead atoms. The van der Waals surface area contributed by atoms with E-state index in [0.29, 0.717) is 16.3 Å². The molecule has 1 N–H and O–H groups in total. The van der Waals surface area contributed by atoms with E-state index in [-0.39, 0.29) is 16.4 Å². The monoisotopic (exact) mass is 415 g/mol. The molecule has 2 aromatic rings. The summed E-state index contributed by atoms with van der Waals surface area (Å²) in [6.45, 7) is 1.68. The quantitative estimate of drug-likeness (QED) is 0.270. The third kappa shape index (κ3) is 3.78. The highest BCUT2D eigenvalue weighted by molar-refractivity contribution is 7.80. The SMILES string of the molecule is CC(/C=C1/C(=O)NC(=S)N(c2ccc(Cl)cc2)C1=O)c1ccccc1[N+](=O)[O-]. The molecule has 1 atom stereocenters. The summed E-state index contributed by atoms with van der Waals surface area (Å²) in [5, 5.41) is 14.2. The summed E-state index contributed by atoms with van der Waals surface area (Å²) < 4.78 is 0. The van der Waals surface area contributed by atoms with Gasteiger partial charge in [0.2, 0.25) is 0 Å². The van der Waals surface area contributed by atoms with Gasteiger partial charge >= 0.3 is 0 Å². The molecule has 0 aromatic heterocycles. The number of carbonyl (C=O) groups excluding carboxylic acids is 2. The van der Waals surface area contributed by atoms with E-state index in [2.05, 4.69) is 5.32 Å². The number of carbonyl (C=O) groups is 2. The summed E-state index contributed by atoms with van der Waals surface area (Å²) in [6, 6.07) is 12.6. The van der Waals surface area contributed by atoms with E-state index in [1.807, 2.05) is 0 Å². The first kappa shape index (κ1) is 19.7. The molecular weight excluding hydrogens is 402 g/mol. The van der Waals surface area contributed by atoms with Gasteiger partial charge in [0, 0.05) is 22.6 Å². The maximum Gasteiger partial charge on any atom is 0.273 e. The Bertz CT molecular complexity index is 1020. The molecule has 1 aliphatic heterocycles.